The number of nitrogens with one attached hydrogen (secondary N) is 2. The first-order valence-corrected chi connectivity index (χ1v) is 6.26. The maximum Gasteiger partial charge on any atom is 0.145 e. The second kappa shape index (κ2) is 7.11. The summed E-state index contributed by atoms with van der Waals surface area (Å²) in [5.74, 6) is 1.79. The minimum atomic E-state index is 0.893. The zero-order valence-electron chi connectivity index (χ0n) is 12.0. The van der Waals surface area contributed by atoms with Gasteiger partial charge in [0.2, 0.25) is 0 Å². The van der Waals surface area contributed by atoms with E-state index < -0.39 is 0 Å². The maximum atomic E-state index is 5.48. The highest BCUT2D eigenvalue weighted by Crippen LogP contribution is 2.36. The molecule has 18 heavy (non-hydrogen) atoms. The lowest BCUT2D eigenvalue weighted by molar-refractivity contribution is 0.399. The molecule has 0 amide bonds. The van der Waals surface area contributed by atoms with Crippen LogP contribution in [0.25, 0.3) is 0 Å². The van der Waals surface area contributed by atoms with E-state index in [1.165, 1.54) is 0 Å². The van der Waals surface area contributed by atoms with Crippen LogP contribution in [0, 0.1) is 13.8 Å². The Bertz CT molecular complexity index is 392. The van der Waals surface area contributed by atoms with Crippen molar-refractivity contribution in [1.82, 2.24) is 5.32 Å². The molecule has 1 rings (SSSR count). The summed E-state index contributed by atoms with van der Waals surface area (Å²) >= 11 is 0. The van der Waals surface area contributed by atoms with Crippen LogP contribution < -0.4 is 20.1 Å². The molecular weight excluding hydrogens is 228 g/mol. The van der Waals surface area contributed by atoms with E-state index in [2.05, 4.69) is 17.6 Å². The third-order valence-corrected chi connectivity index (χ3v) is 3.14. The average Bonchev–Trinajstić information content (AvgIpc) is 2.38. The number of anilines is 1. The Balaban J connectivity index is 2.91. The van der Waals surface area contributed by atoms with Crippen LogP contribution in [0.3, 0.4) is 0 Å². The van der Waals surface area contributed by atoms with Crippen molar-refractivity contribution in [3.63, 3.8) is 0 Å². The lowest BCUT2D eigenvalue weighted by Crippen LogP contribution is -2.13. The molecule has 1 aromatic carbocycles. The van der Waals surface area contributed by atoms with E-state index in [1.807, 2.05) is 20.0 Å². The lowest BCUT2D eigenvalue weighted by Gasteiger charge is -2.17. The van der Waals surface area contributed by atoms with Gasteiger partial charge >= 0.3 is 0 Å². The second-order valence-electron chi connectivity index (χ2n) is 4.29. The summed E-state index contributed by atoms with van der Waals surface area (Å²) in [6.07, 6.45) is 1.06. The minimum Gasteiger partial charge on any atom is -0.496 e. The van der Waals surface area contributed by atoms with Crippen molar-refractivity contribution < 1.29 is 9.47 Å². The van der Waals surface area contributed by atoms with Crippen molar-refractivity contribution in [1.29, 1.82) is 0 Å². The fraction of sp³-hybridized carbons (Fsp3) is 0.571. The van der Waals surface area contributed by atoms with Gasteiger partial charge in [0.15, 0.2) is 0 Å². The maximum absolute atomic E-state index is 5.48. The SMILES string of the molecule is CNCCCNc1cc(OC)c(C)c(C)c1OC. The minimum absolute atomic E-state index is 0.893. The number of rotatable bonds is 7. The van der Waals surface area contributed by atoms with E-state index in [1.54, 1.807) is 14.2 Å². The van der Waals surface area contributed by atoms with Gasteiger partial charge in [-0.3, -0.25) is 0 Å². The predicted octanol–water partition coefficient (Wildman–Crippen LogP) is 2.34. The molecule has 0 saturated heterocycles. The van der Waals surface area contributed by atoms with E-state index in [0.717, 1.165) is 47.8 Å². The molecule has 0 atom stereocenters. The topological polar surface area (TPSA) is 42.5 Å². The number of benzene rings is 1. The van der Waals surface area contributed by atoms with Gasteiger partial charge in [0.1, 0.15) is 11.5 Å². The summed E-state index contributed by atoms with van der Waals surface area (Å²) < 4.78 is 10.9. The molecule has 0 aromatic heterocycles. The summed E-state index contributed by atoms with van der Waals surface area (Å²) in [6, 6.07) is 2.00. The molecular formula is C14H24N2O2. The fourth-order valence-electron chi connectivity index (χ4n) is 1.96. The zero-order valence-corrected chi connectivity index (χ0v) is 12.0. The van der Waals surface area contributed by atoms with Crippen molar-refractivity contribution in [3.8, 4) is 11.5 Å². The summed E-state index contributed by atoms with van der Waals surface area (Å²) in [5.41, 5.74) is 3.23. The van der Waals surface area contributed by atoms with Gasteiger partial charge in [-0.15, -0.1) is 0 Å². The van der Waals surface area contributed by atoms with E-state index in [0.29, 0.717) is 0 Å². The summed E-state index contributed by atoms with van der Waals surface area (Å²) in [4.78, 5) is 0. The summed E-state index contributed by atoms with van der Waals surface area (Å²) in [7, 11) is 5.35. The highest BCUT2D eigenvalue weighted by Gasteiger charge is 2.13. The first-order valence-electron chi connectivity index (χ1n) is 6.26. The van der Waals surface area contributed by atoms with Crippen LogP contribution in [0.15, 0.2) is 6.07 Å². The number of ether oxygens (including phenoxy) is 2. The number of hydrogen-bond donors (Lipinski definition) is 2. The Labute approximate surface area is 110 Å². The van der Waals surface area contributed by atoms with Crippen LogP contribution in [-0.2, 0) is 0 Å². The molecule has 0 heterocycles. The van der Waals surface area contributed by atoms with E-state index in [9.17, 15) is 0 Å². The van der Waals surface area contributed by atoms with Crippen molar-refractivity contribution in [3.05, 3.63) is 17.2 Å². The molecule has 0 spiro atoms. The fourth-order valence-corrected chi connectivity index (χ4v) is 1.96. The third-order valence-electron chi connectivity index (χ3n) is 3.14. The molecule has 0 aliphatic rings. The number of hydrogen-bond acceptors (Lipinski definition) is 4. The van der Waals surface area contributed by atoms with Gasteiger partial charge in [-0.1, -0.05) is 0 Å². The zero-order chi connectivity index (χ0) is 13.5. The van der Waals surface area contributed by atoms with Crippen LogP contribution in [0.1, 0.15) is 17.5 Å². The van der Waals surface area contributed by atoms with Crippen molar-refractivity contribution in [2.45, 2.75) is 20.3 Å². The van der Waals surface area contributed by atoms with Crippen LogP contribution >= 0.6 is 0 Å². The normalized spacial score (nSPS) is 10.3. The standard InChI is InChI=1S/C14H24N2O2/c1-10-11(2)14(18-5)12(9-13(10)17-4)16-8-6-7-15-3/h9,15-16H,6-8H2,1-5H3. The molecule has 0 saturated carbocycles. The monoisotopic (exact) mass is 252 g/mol. The summed E-state index contributed by atoms with van der Waals surface area (Å²) in [5, 5.41) is 6.53. The first kappa shape index (κ1) is 14.6. The van der Waals surface area contributed by atoms with Gasteiger partial charge in [0, 0.05) is 12.6 Å². The first-order chi connectivity index (χ1) is 8.65. The molecule has 0 bridgehead atoms. The Morgan fingerprint density at radius 1 is 1.06 bits per heavy atom. The molecule has 0 aliphatic heterocycles. The third kappa shape index (κ3) is 3.29. The van der Waals surface area contributed by atoms with Crippen LogP contribution in [-0.4, -0.2) is 34.4 Å². The molecule has 4 heteroatoms. The number of methoxy groups -OCH3 is 2. The van der Waals surface area contributed by atoms with Crippen LogP contribution in [0.4, 0.5) is 5.69 Å². The van der Waals surface area contributed by atoms with E-state index in [4.69, 9.17) is 9.47 Å². The highest BCUT2D eigenvalue weighted by molar-refractivity contribution is 5.66. The van der Waals surface area contributed by atoms with Gasteiger partial charge in [0.25, 0.3) is 0 Å². The van der Waals surface area contributed by atoms with Gasteiger partial charge in [-0.05, 0) is 45.0 Å². The van der Waals surface area contributed by atoms with Crippen molar-refractivity contribution in [2.75, 3.05) is 39.7 Å². The van der Waals surface area contributed by atoms with Gasteiger partial charge < -0.3 is 20.1 Å². The van der Waals surface area contributed by atoms with Gasteiger partial charge in [-0.25, -0.2) is 0 Å². The molecule has 0 radical (unpaired) electrons. The van der Waals surface area contributed by atoms with Crippen LogP contribution in [0.5, 0.6) is 11.5 Å². The Morgan fingerprint density at radius 3 is 2.33 bits per heavy atom. The van der Waals surface area contributed by atoms with Crippen LogP contribution in [0.2, 0.25) is 0 Å². The molecule has 4 nitrogen and oxygen atoms in total. The van der Waals surface area contributed by atoms with Gasteiger partial charge in [0.05, 0.1) is 19.9 Å². The lowest BCUT2D eigenvalue weighted by atomic mass is 10.1. The van der Waals surface area contributed by atoms with Crippen molar-refractivity contribution >= 4 is 5.69 Å². The summed E-state index contributed by atoms with van der Waals surface area (Å²) in [6.45, 7) is 6.00. The van der Waals surface area contributed by atoms with Gasteiger partial charge in [-0.2, -0.15) is 0 Å². The predicted molar refractivity (Wildman–Crippen MR) is 76.1 cm³/mol. The quantitative estimate of drug-likeness (QED) is 0.731. The molecule has 0 fully saturated rings. The van der Waals surface area contributed by atoms with E-state index in [-0.39, 0.29) is 0 Å². The molecule has 2 N–H and O–H groups in total. The second-order valence-corrected chi connectivity index (χ2v) is 4.29. The Hall–Kier alpha value is -1.42. The molecule has 0 unspecified atom stereocenters. The Kier molecular flexibility index (Phi) is 5.78. The molecule has 102 valence electrons. The smallest absolute Gasteiger partial charge is 0.145 e. The molecule has 1 aromatic rings. The Morgan fingerprint density at radius 2 is 1.78 bits per heavy atom. The highest BCUT2D eigenvalue weighted by atomic mass is 16.5. The molecule has 0 aliphatic carbocycles. The van der Waals surface area contributed by atoms with E-state index >= 15 is 0 Å². The van der Waals surface area contributed by atoms with Crippen molar-refractivity contribution in [2.24, 2.45) is 0 Å². The largest absolute Gasteiger partial charge is 0.496 e. The average molecular weight is 252 g/mol.